The summed E-state index contributed by atoms with van der Waals surface area (Å²) in [7, 11) is 0.0823. The number of hydrogen-bond donors (Lipinski definition) is 1. The molecule has 0 radical (unpaired) electrons. The van der Waals surface area contributed by atoms with Crippen molar-refractivity contribution >= 4 is 15.8 Å². The first-order valence-corrected chi connectivity index (χ1v) is 7.82. The summed E-state index contributed by atoms with van der Waals surface area (Å²) in [5.74, 6) is 1.97. The highest BCUT2D eigenvalue weighted by Gasteiger charge is 2.27. The molecule has 16 heavy (non-hydrogen) atoms. The second kappa shape index (κ2) is 5.17. The van der Waals surface area contributed by atoms with E-state index in [0.717, 1.165) is 25.7 Å². The van der Waals surface area contributed by atoms with Gasteiger partial charge in [-0.2, -0.15) is 0 Å². The predicted octanol–water partition coefficient (Wildman–Crippen LogP) is 1.90. The molecule has 0 spiro atoms. The zero-order valence-electron chi connectivity index (χ0n) is 9.74. The molecule has 3 aliphatic rings. The minimum absolute atomic E-state index is 0.0823. The SMILES string of the molecule is C1CCC(C2=S(OCC3CO3)CCN2)CC1. The van der Waals surface area contributed by atoms with Gasteiger partial charge in [0.15, 0.2) is 0 Å². The first-order valence-electron chi connectivity index (χ1n) is 6.50. The number of epoxide rings is 1. The van der Waals surface area contributed by atoms with E-state index in [-0.39, 0.29) is 10.8 Å². The van der Waals surface area contributed by atoms with Gasteiger partial charge in [0.05, 0.1) is 13.2 Å². The highest BCUT2D eigenvalue weighted by molar-refractivity contribution is 8.12. The molecule has 3 nitrogen and oxygen atoms in total. The molecule has 0 aromatic rings. The first-order chi connectivity index (χ1) is 7.93. The molecule has 92 valence electrons. The van der Waals surface area contributed by atoms with Gasteiger partial charge in [0.25, 0.3) is 0 Å². The van der Waals surface area contributed by atoms with Crippen LogP contribution >= 0.6 is 10.8 Å². The lowest BCUT2D eigenvalue weighted by molar-refractivity contribution is 0.295. The zero-order valence-corrected chi connectivity index (χ0v) is 10.6. The highest BCUT2D eigenvalue weighted by atomic mass is 32.2. The van der Waals surface area contributed by atoms with E-state index in [4.69, 9.17) is 8.92 Å². The molecule has 1 N–H and O–H groups in total. The summed E-state index contributed by atoms with van der Waals surface area (Å²) < 4.78 is 11.2. The van der Waals surface area contributed by atoms with Gasteiger partial charge in [0.1, 0.15) is 6.10 Å². The van der Waals surface area contributed by atoms with Crippen LogP contribution in [0, 0.1) is 5.92 Å². The summed E-state index contributed by atoms with van der Waals surface area (Å²) in [6.45, 7) is 2.82. The highest BCUT2D eigenvalue weighted by Crippen LogP contribution is 2.32. The van der Waals surface area contributed by atoms with Crippen LogP contribution in [-0.2, 0) is 8.92 Å². The summed E-state index contributed by atoms with van der Waals surface area (Å²) >= 11 is 0. The number of hydrogen-bond acceptors (Lipinski definition) is 3. The van der Waals surface area contributed by atoms with Crippen molar-refractivity contribution in [1.82, 2.24) is 5.32 Å². The topological polar surface area (TPSA) is 33.8 Å². The number of rotatable bonds is 4. The Hall–Kier alpha value is 0.1000. The Morgan fingerprint density at radius 3 is 2.88 bits per heavy atom. The Morgan fingerprint density at radius 2 is 2.12 bits per heavy atom. The molecule has 1 aliphatic carbocycles. The Labute approximate surface area is 100 Å². The van der Waals surface area contributed by atoms with Crippen molar-refractivity contribution in [2.45, 2.75) is 38.2 Å². The molecule has 2 fully saturated rings. The fraction of sp³-hybridized carbons (Fsp3) is 0.917. The van der Waals surface area contributed by atoms with Gasteiger partial charge in [-0.1, -0.05) is 19.3 Å². The van der Waals surface area contributed by atoms with Gasteiger partial charge in [-0.15, -0.1) is 0 Å². The maximum absolute atomic E-state index is 6.00. The van der Waals surface area contributed by atoms with E-state index < -0.39 is 0 Å². The molecule has 1 saturated carbocycles. The van der Waals surface area contributed by atoms with Crippen molar-refractivity contribution in [2.75, 3.05) is 25.5 Å². The van der Waals surface area contributed by atoms with Gasteiger partial charge in [-0.05, 0) is 23.6 Å². The summed E-state index contributed by atoms with van der Waals surface area (Å²) in [6.07, 6.45) is 7.37. The van der Waals surface area contributed by atoms with Crippen LogP contribution in [0.2, 0.25) is 0 Å². The molecule has 0 bridgehead atoms. The van der Waals surface area contributed by atoms with Crippen LogP contribution in [-0.4, -0.2) is 36.6 Å². The van der Waals surface area contributed by atoms with Gasteiger partial charge in [0, 0.05) is 23.2 Å². The lowest BCUT2D eigenvalue weighted by Crippen LogP contribution is -2.28. The molecule has 2 atom stereocenters. The molecule has 0 amide bonds. The summed E-state index contributed by atoms with van der Waals surface area (Å²) in [5.41, 5.74) is 0. The fourth-order valence-corrected chi connectivity index (χ4v) is 4.54. The van der Waals surface area contributed by atoms with Gasteiger partial charge >= 0.3 is 0 Å². The van der Waals surface area contributed by atoms with Crippen molar-refractivity contribution in [3.63, 3.8) is 0 Å². The van der Waals surface area contributed by atoms with Crippen LogP contribution in [0.5, 0.6) is 0 Å². The molecule has 4 heteroatoms. The van der Waals surface area contributed by atoms with Crippen LogP contribution in [0.1, 0.15) is 32.1 Å². The van der Waals surface area contributed by atoms with E-state index in [1.165, 1.54) is 42.8 Å². The van der Waals surface area contributed by atoms with Gasteiger partial charge in [-0.3, -0.25) is 5.32 Å². The lowest BCUT2D eigenvalue weighted by Gasteiger charge is -2.23. The zero-order chi connectivity index (χ0) is 10.8. The summed E-state index contributed by atoms with van der Waals surface area (Å²) in [6, 6.07) is 0. The fourth-order valence-electron chi connectivity index (χ4n) is 2.60. The van der Waals surface area contributed by atoms with Crippen LogP contribution < -0.4 is 5.32 Å². The third-order valence-electron chi connectivity index (χ3n) is 3.61. The van der Waals surface area contributed by atoms with E-state index in [2.05, 4.69) is 5.32 Å². The van der Waals surface area contributed by atoms with Crippen molar-refractivity contribution in [3.8, 4) is 0 Å². The first kappa shape index (κ1) is 11.2. The van der Waals surface area contributed by atoms with E-state index in [1.807, 2.05) is 0 Å². The molecule has 0 aromatic carbocycles. The van der Waals surface area contributed by atoms with Crippen molar-refractivity contribution in [1.29, 1.82) is 0 Å². The standard InChI is InChI=1S/C12H21NO2S/c1-2-4-10(5-3-1)12-13-6-7-16(12)15-9-11-8-14-11/h10-11,13H,1-9H2. The molecule has 1 saturated heterocycles. The maximum Gasteiger partial charge on any atom is 0.105 e. The van der Waals surface area contributed by atoms with Crippen molar-refractivity contribution < 1.29 is 8.92 Å². The number of nitrogens with one attached hydrogen (secondary N) is 1. The largest absolute Gasteiger partial charge is 0.371 e. The normalized spacial score (nSPS) is 35.6. The minimum atomic E-state index is 0.0823. The molecule has 3 rings (SSSR count). The smallest absolute Gasteiger partial charge is 0.105 e. The third kappa shape index (κ3) is 2.67. The van der Waals surface area contributed by atoms with Gasteiger partial charge in [0.2, 0.25) is 0 Å². The van der Waals surface area contributed by atoms with Crippen LogP contribution in [0.15, 0.2) is 0 Å². The Kier molecular flexibility index (Phi) is 3.62. The van der Waals surface area contributed by atoms with Crippen LogP contribution in [0.25, 0.3) is 0 Å². The lowest BCUT2D eigenvalue weighted by atomic mass is 9.89. The average Bonchev–Trinajstić information content (AvgIpc) is 3.05. The molecule has 2 heterocycles. The van der Waals surface area contributed by atoms with Crippen LogP contribution in [0.3, 0.4) is 0 Å². The van der Waals surface area contributed by atoms with E-state index in [0.29, 0.717) is 6.10 Å². The second-order valence-corrected chi connectivity index (χ2v) is 6.69. The second-order valence-electron chi connectivity index (χ2n) is 4.92. The van der Waals surface area contributed by atoms with Gasteiger partial charge in [-0.25, -0.2) is 0 Å². The number of ether oxygens (including phenoxy) is 1. The molecule has 0 aromatic heterocycles. The van der Waals surface area contributed by atoms with E-state index in [9.17, 15) is 0 Å². The summed E-state index contributed by atoms with van der Waals surface area (Å²) in [4.78, 5) is 1.53. The minimum Gasteiger partial charge on any atom is -0.371 e. The van der Waals surface area contributed by atoms with Crippen molar-refractivity contribution in [2.24, 2.45) is 5.92 Å². The van der Waals surface area contributed by atoms with Crippen molar-refractivity contribution in [3.05, 3.63) is 0 Å². The molecular weight excluding hydrogens is 222 g/mol. The van der Waals surface area contributed by atoms with Crippen LogP contribution in [0.4, 0.5) is 0 Å². The molecule has 2 unspecified atom stereocenters. The third-order valence-corrected chi connectivity index (χ3v) is 5.57. The summed E-state index contributed by atoms with van der Waals surface area (Å²) in [5, 5.41) is 3.58. The Bertz CT molecular complexity index is 283. The Morgan fingerprint density at radius 1 is 1.31 bits per heavy atom. The van der Waals surface area contributed by atoms with E-state index in [1.54, 1.807) is 0 Å². The maximum atomic E-state index is 6.00. The average molecular weight is 243 g/mol. The van der Waals surface area contributed by atoms with Gasteiger partial charge < -0.3 is 8.92 Å². The predicted molar refractivity (Wildman–Crippen MR) is 67.7 cm³/mol. The van der Waals surface area contributed by atoms with E-state index >= 15 is 0 Å². The Balaban J connectivity index is 1.61. The monoisotopic (exact) mass is 243 g/mol. The quantitative estimate of drug-likeness (QED) is 0.605. The molecular formula is C12H21NO2S. The molecule has 2 aliphatic heterocycles.